The first-order valence-electron chi connectivity index (χ1n) is 7.19. The van der Waals surface area contributed by atoms with Crippen LogP contribution >= 0.6 is 27.3 Å². The fourth-order valence-corrected chi connectivity index (χ4v) is 4.05. The highest BCUT2D eigenvalue weighted by Gasteiger charge is 2.37. The molecule has 1 aliphatic rings. The molecule has 2 amide bonds. The number of fused-ring (bicyclic) bond motifs is 1. The lowest BCUT2D eigenvalue weighted by molar-refractivity contribution is -0.155. The van der Waals surface area contributed by atoms with Gasteiger partial charge in [0.1, 0.15) is 11.6 Å². The van der Waals surface area contributed by atoms with E-state index in [-0.39, 0.29) is 18.7 Å². The van der Waals surface area contributed by atoms with Crippen LogP contribution in [0.15, 0.2) is 9.85 Å². The van der Waals surface area contributed by atoms with Crippen molar-refractivity contribution in [3.63, 3.8) is 0 Å². The number of nitrogens with two attached hydrogens (primary N) is 1. The lowest BCUT2D eigenvalue weighted by Gasteiger charge is -2.25. The van der Waals surface area contributed by atoms with Gasteiger partial charge in [-0.1, -0.05) is 0 Å². The number of halogens is 1. The summed E-state index contributed by atoms with van der Waals surface area (Å²) < 4.78 is 6.10. The van der Waals surface area contributed by atoms with Crippen LogP contribution in [0.5, 0.6) is 0 Å². The Balaban J connectivity index is 2.03. The molecule has 0 radical (unpaired) electrons. The lowest BCUT2D eigenvalue weighted by Crippen LogP contribution is -2.45. The van der Waals surface area contributed by atoms with Crippen molar-refractivity contribution in [3.05, 3.63) is 20.3 Å². The zero-order valence-corrected chi connectivity index (χ0v) is 15.6. The van der Waals surface area contributed by atoms with Crippen LogP contribution < -0.4 is 5.73 Å². The van der Waals surface area contributed by atoms with Crippen molar-refractivity contribution >= 4 is 45.1 Å². The van der Waals surface area contributed by atoms with Crippen molar-refractivity contribution < 1.29 is 19.1 Å². The van der Waals surface area contributed by atoms with Crippen LogP contribution in [0.25, 0.3) is 0 Å². The maximum atomic E-state index is 12.4. The molecule has 2 N–H and O–H groups in total. The summed E-state index contributed by atoms with van der Waals surface area (Å²) in [6.07, 6.45) is 0.193. The molecule has 0 spiro atoms. The summed E-state index contributed by atoms with van der Waals surface area (Å²) in [7, 11) is 0. The molecule has 2 rings (SSSR count). The van der Waals surface area contributed by atoms with Crippen molar-refractivity contribution in [2.24, 2.45) is 5.73 Å². The van der Waals surface area contributed by atoms with E-state index in [2.05, 4.69) is 15.9 Å². The number of primary amides is 1. The summed E-state index contributed by atoms with van der Waals surface area (Å²) in [5.41, 5.74) is 5.72. The average molecular weight is 403 g/mol. The van der Waals surface area contributed by atoms with Gasteiger partial charge in [0.15, 0.2) is 0 Å². The van der Waals surface area contributed by atoms with E-state index >= 15 is 0 Å². The van der Waals surface area contributed by atoms with Gasteiger partial charge in [-0.25, -0.2) is 0 Å². The predicted octanol–water partition coefficient (Wildman–Crippen LogP) is 2.44. The molecular weight excluding hydrogens is 384 g/mol. The maximum Gasteiger partial charge on any atom is 0.306 e. The van der Waals surface area contributed by atoms with Crippen LogP contribution in [0, 0.1) is 0 Å². The molecule has 6 nitrogen and oxygen atoms in total. The highest BCUT2D eigenvalue weighted by molar-refractivity contribution is 9.11. The molecule has 0 unspecified atom stereocenters. The topological polar surface area (TPSA) is 89.7 Å². The van der Waals surface area contributed by atoms with Crippen LogP contribution in [0.1, 0.15) is 48.8 Å². The third-order valence-electron chi connectivity index (χ3n) is 3.32. The minimum Gasteiger partial charge on any atom is -0.460 e. The first-order valence-corrected chi connectivity index (χ1v) is 8.80. The lowest BCUT2D eigenvalue weighted by atomic mass is 10.1. The smallest absolute Gasteiger partial charge is 0.306 e. The van der Waals surface area contributed by atoms with Crippen molar-refractivity contribution in [1.82, 2.24) is 4.90 Å². The number of rotatable bonds is 5. The fourth-order valence-electron chi connectivity index (χ4n) is 2.43. The predicted molar refractivity (Wildman–Crippen MR) is 90.0 cm³/mol. The van der Waals surface area contributed by atoms with Gasteiger partial charge in [-0.2, -0.15) is 0 Å². The van der Waals surface area contributed by atoms with E-state index in [1.165, 1.54) is 16.2 Å². The second-order valence-corrected chi connectivity index (χ2v) is 8.81. The van der Waals surface area contributed by atoms with Crippen molar-refractivity contribution in [3.8, 4) is 0 Å². The summed E-state index contributed by atoms with van der Waals surface area (Å²) >= 11 is 4.68. The molecule has 1 atom stereocenters. The van der Waals surface area contributed by atoms with E-state index in [0.717, 1.165) is 9.35 Å². The van der Waals surface area contributed by atoms with Gasteiger partial charge in [0.2, 0.25) is 5.91 Å². The van der Waals surface area contributed by atoms with Crippen LogP contribution in [-0.2, 0) is 20.9 Å². The third kappa shape index (κ3) is 4.32. The number of esters is 1. The van der Waals surface area contributed by atoms with E-state index in [0.29, 0.717) is 11.4 Å². The zero-order valence-electron chi connectivity index (χ0n) is 13.2. The molecule has 0 bridgehead atoms. The number of nitrogens with zero attached hydrogens (tertiary/aromatic N) is 1. The Morgan fingerprint density at radius 2 is 2.13 bits per heavy atom. The van der Waals surface area contributed by atoms with Gasteiger partial charge >= 0.3 is 5.97 Å². The highest BCUT2D eigenvalue weighted by Crippen LogP contribution is 2.35. The molecule has 2 heterocycles. The van der Waals surface area contributed by atoms with Gasteiger partial charge in [0, 0.05) is 13.0 Å². The molecule has 0 fully saturated rings. The molecule has 126 valence electrons. The zero-order chi connectivity index (χ0) is 17.4. The van der Waals surface area contributed by atoms with Crippen molar-refractivity contribution in [1.29, 1.82) is 0 Å². The standard InChI is InChI=1S/C15H19BrN2O4S/c1-15(2,3)22-11(19)5-4-9(13(17)20)18-7-8-6-10(16)23-12(8)14(18)21/h6,9H,4-5,7H2,1-3H3,(H2,17,20)/t9-/m0/s1. The average Bonchev–Trinajstić information content (AvgIpc) is 2.87. The number of carbonyl (C=O) groups excluding carboxylic acids is 3. The molecule has 8 heteroatoms. The molecule has 1 aromatic heterocycles. The van der Waals surface area contributed by atoms with Gasteiger partial charge in [-0.3, -0.25) is 14.4 Å². The second kappa shape index (κ2) is 6.60. The van der Waals surface area contributed by atoms with Crippen LogP contribution in [-0.4, -0.2) is 34.3 Å². The number of hydrogen-bond donors (Lipinski definition) is 1. The Morgan fingerprint density at radius 3 is 2.65 bits per heavy atom. The van der Waals surface area contributed by atoms with Gasteiger partial charge in [0.05, 0.1) is 8.66 Å². The van der Waals surface area contributed by atoms with E-state index in [1.54, 1.807) is 20.8 Å². The Hall–Kier alpha value is -1.41. The minimum absolute atomic E-state index is 0.0337. The molecule has 0 aliphatic carbocycles. The Morgan fingerprint density at radius 1 is 1.48 bits per heavy atom. The highest BCUT2D eigenvalue weighted by atomic mass is 79.9. The molecule has 0 saturated heterocycles. The van der Waals surface area contributed by atoms with E-state index < -0.39 is 23.5 Å². The Kier molecular flexibility index (Phi) is 5.15. The fraction of sp³-hybridized carbons (Fsp3) is 0.533. The number of ether oxygens (including phenoxy) is 1. The summed E-state index contributed by atoms with van der Waals surface area (Å²) in [5.74, 6) is -1.24. The van der Waals surface area contributed by atoms with Crippen molar-refractivity contribution in [2.75, 3.05) is 0 Å². The number of amides is 2. The second-order valence-electron chi connectivity index (χ2n) is 6.38. The first-order chi connectivity index (χ1) is 10.6. The first kappa shape index (κ1) is 17.9. The number of thiophene rings is 1. The van der Waals surface area contributed by atoms with E-state index in [9.17, 15) is 14.4 Å². The largest absolute Gasteiger partial charge is 0.460 e. The van der Waals surface area contributed by atoms with Crippen LogP contribution in [0.4, 0.5) is 0 Å². The van der Waals surface area contributed by atoms with Gasteiger partial charge in [-0.05, 0) is 54.8 Å². The number of hydrogen-bond acceptors (Lipinski definition) is 5. The Bertz CT molecular complexity index is 650. The molecule has 0 saturated carbocycles. The van der Waals surface area contributed by atoms with Gasteiger partial charge < -0.3 is 15.4 Å². The summed E-state index contributed by atoms with van der Waals surface area (Å²) in [4.78, 5) is 38.0. The molecule has 23 heavy (non-hydrogen) atoms. The van der Waals surface area contributed by atoms with Gasteiger partial charge in [0.25, 0.3) is 5.91 Å². The number of carbonyl (C=O) groups is 3. The summed E-state index contributed by atoms with van der Waals surface area (Å²) in [5, 5.41) is 0. The minimum atomic E-state index is -0.812. The normalized spacial score (nSPS) is 15.5. The Labute approximate surface area is 147 Å². The molecule has 1 aromatic rings. The molecule has 1 aliphatic heterocycles. The van der Waals surface area contributed by atoms with E-state index in [4.69, 9.17) is 10.5 Å². The van der Waals surface area contributed by atoms with Gasteiger partial charge in [-0.15, -0.1) is 11.3 Å². The van der Waals surface area contributed by atoms with Crippen LogP contribution in [0.3, 0.4) is 0 Å². The maximum absolute atomic E-state index is 12.4. The SMILES string of the molecule is CC(C)(C)OC(=O)CC[C@@H](C(N)=O)N1Cc2cc(Br)sc2C1=O. The van der Waals surface area contributed by atoms with Crippen LogP contribution in [0.2, 0.25) is 0 Å². The quantitative estimate of drug-likeness (QED) is 0.765. The summed E-state index contributed by atoms with van der Waals surface area (Å²) in [6, 6.07) is 1.05. The monoisotopic (exact) mass is 402 g/mol. The third-order valence-corrected chi connectivity index (χ3v) is 4.99. The van der Waals surface area contributed by atoms with Crippen molar-refractivity contribution in [2.45, 2.75) is 51.8 Å². The molecule has 0 aromatic carbocycles. The van der Waals surface area contributed by atoms with E-state index in [1.807, 2.05) is 6.07 Å². The molecular formula is C15H19BrN2O4S. The summed E-state index contributed by atoms with van der Waals surface area (Å²) in [6.45, 7) is 5.65.